The first-order chi connectivity index (χ1) is 14.9. The second-order valence-corrected chi connectivity index (χ2v) is 9.42. The quantitative estimate of drug-likeness (QED) is 0.482. The third kappa shape index (κ3) is 4.06. The summed E-state index contributed by atoms with van der Waals surface area (Å²) in [4.78, 5) is 2.50. The molecule has 0 radical (unpaired) electrons. The summed E-state index contributed by atoms with van der Waals surface area (Å²) in [5.41, 5.74) is 9.77. The molecule has 0 N–H and O–H groups in total. The van der Waals surface area contributed by atoms with Gasteiger partial charge < -0.3 is 4.90 Å². The van der Waals surface area contributed by atoms with Gasteiger partial charge in [0, 0.05) is 23.7 Å². The summed E-state index contributed by atoms with van der Waals surface area (Å²) in [7, 11) is 0. The lowest BCUT2D eigenvalue weighted by Gasteiger charge is -2.30. The maximum atomic E-state index is 2.50. The Labute approximate surface area is 188 Å². The van der Waals surface area contributed by atoms with E-state index < -0.39 is 0 Å². The van der Waals surface area contributed by atoms with Gasteiger partial charge in [-0.2, -0.15) is 0 Å². The van der Waals surface area contributed by atoms with Crippen LogP contribution >= 0.6 is 0 Å². The molecule has 0 unspecified atom stereocenters. The minimum Gasteiger partial charge on any atom is -0.365 e. The van der Waals surface area contributed by atoms with Crippen molar-refractivity contribution in [2.75, 3.05) is 11.4 Å². The molecule has 31 heavy (non-hydrogen) atoms. The molecule has 0 heterocycles. The molecule has 2 aromatic rings. The van der Waals surface area contributed by atoms with Gasteiger partial charge in [-0.3, -0.25) is 0 Å². The van der Waals surface area contributed by atoms with Gasteiger partial charge in [0.05, 0.1) is 0 Å². The summed E-state index contributed by atoms with van der Waals surface area (Å²) in [5, 5.41) is 0. The maximum absolute atomic E-state index is 2.50. The highest BCUT2D eigenvalue weighted by Gasteiger charge is 2.40. The van der Waals surface area contributed by atoms with Gasteiger partial charge in [-0.15, -0.1) is 0 Å². The molecule has 0 amide bonds. The van der Waals surface area contributed by atoms with E-state index in [-0.39, 0.29) is 5.41 Å². The normalized spacial score (nSPS) is 20.1. The third-order valence-corrected chi connectivity index (χ3v) is 6.79. The Morgan fingerprint density at radius 2 is 1.55 bits per heavy atom. The predicted molar refractivity (Wildman–Crippen MR) is 135 cm³/mol. The summed E-state index contributed by atoms with van der Waals surface area (Å²) in [6.07, 6.45) is 12.0. The van der Waals surface area contributed by atoms with Crippen molar-refractivity contribution in [3.8, 4) is 11.1 Å². The fraction of sp³-hybridized carbons (Fsp3) is 0.333. The van der Waals surface area contributed by atoms with Crippen LogP contribution in [0.15, 0.2) is 101 Å². The van der Waals surface area contributed by atoms with Crippen molar-refractivity contribution in [3.63, 3.8) is 0 Å². The largest absolute Gasteiger partial charge is 0.365 e. The van der Waals surface area contributed by atoms with Gasteiger partial charge in [0.15, 0.2) is 0 Å². The molecule has 2 aliphatic carbocycles. The first-order valence-electron chi connectivity index (χ1n) is 11.6. The van der Waals surface area contributed by atoms with E-state index in [9.17, 15) is 0 Å². The number of anilines is 1. The Morgan fingerprint density at radius 1 is 0.903 bits per heavy atom. The van der Waals surface area contributed by atoms with Gasteiger partial charge in [-0.05, 0) is 79.2 Å². The topological polar surface area (TPSA) is 3.24 Å². The van der Waals surface area contributed by atoms with E-state index in [2.05, 4.69) is 118 Å². The van der Waals surface area contributed by atoms with Gasteiger partial charge in [0.1, 0.15) is 0 Å². The van der Waals surface area contributed by atoms with Crippen LogP contribution in [0.2, 0.25) is 0 Å². The predicted octanol–water partition coefficient (Wildman–Crippen LogP) is 8.13. The Kier molecular flexibility index (Phi) is 6.05. The molecule has 1 nitrogen and oxygen atoms in total. The van der Waals surface area contributed by atoms with E-state index >= 15 is 0 Å². The van der Waals surface area contributed by atoms with Crippen LogP contribution < -0.4 is 4.90 Å². The second kappa shape index (κ2) is 8.75. The Hall–Kier alpha value is -2.80. The lowest BCUT2D eigenvalue weighted by Crippen LogP contribution is -2.31. The van der Waals surface area contributed by atoms with Crippen LogP contribution in [0.3, 0.4) is 0 Å². The van der Waals surface area contributed by atoms with Gasteiger partial charge in [-0.25, -0.2) is 0 Å². The van der Waals surface area contributed by atoms with Crippen molar-refractivity contribution in [3.05, 3.63) is 101 Å². The van der Waals surface area contributed by atoms with Gasteiger partial charge in [0.2, 0.25) is 0 Å². The summed E-state index contributed by atoms with van der Waals surface area (Å²) in [5.74, 6) is 0. The number of rotatable bonds is 5. The number of hydrogen-bond acceptors (Lipinski definition) is 1. The minimum absolute atomic E-state index is 0.0773. The van der Waals surface area contributed by atoms with Crippen LogP contribution in [0.25, 0.3) is 11.1 Å². The summed E-state index contributed by atoms with van der Waals surface area (Å²) in [6, 6.07) is 20.1. The molecule has 0 atom stereocenters. The fourth-order valence-corrected chi connectivity index (χ4v) is 5.11. The lowest BCUT2D eigenvalue weighted by molar-refractivity contribution is 0.574. The van der Waals surface area contributed by atoms with Crippen molar-refractivity contribution in [2.45, 2.75) is 53.5 Å². The van der Waals surface area contributed by atoms with E-state index in [1.165, 1.54) is 45.5 Å². The smallest absolute Gasteiger partial charge is 0.0371 e. The zero-order valence-corrected chi connectivity index (χ0v) is 19.7. The number of hydrogen-bond donors (Lipinski definition) is 0. The first kappa shape index (κ1) is 21.4. The van der Waals surface area contributed by atoms with Crippen LogP contribution in [0.5, 0.6) is 0 Å². The Balaban J connectivity index is 1.62. The van der Waals surface area contributed by atoms with Gasteiger partial charge in [-0.1, -0.05) is 80.6 Å². The molecule has 1 saturated carbocycles. The van der Waals surface area contributed by atoms with E-state index in [0.717, 1.165) is 13.0 Å². The van der Waals surface area contributed by atoms with Crippen molar-refractivity contribution in [1.29, 1.82) is 0 Å². The number of benzene rings is 2. The van der Waals surface area contributed by atoms with Gasteiger partial charge >= 0.3 is 0 Å². The summed E-state index contributed by atoms with van der Waals surface area (Å²) < 4.78 is 0. The number of fused-ring (bicyclic) bond motifs is 1. The van der Waals surface area contributed by atoms with E-state index in [0.29, 0.717) is 6.04 Å². The molecule has 0 bridgehead atoms. The number of nitrogens with zero attached hydrogens (tertiary/aromatic N) is 1. The fourth-order valence-electron chi connectivity index (χ4n) is 5.11. The lowest BCUT2D eigenvalue weighted by atomic mass is 9.80. The number of allylic oxidation sites excluding steroid dienone is 7. The van der Waals surface area contributed by atoms with E-state index in [1.54, 1.807) is 0 Å². The van der Waals surface area contributed by atoms with Crippen LogP contribution in [0, 0.1) is 5.41 Å². The van der Waals surface area contributed by atoms with Crippen LogP contribution in [-0.4, -0.2) is 12.6 Å². The molecule has 2 aliphatic rings. The van der Waals surface area contributed by atoms with Crippen molar-refractivity contribution in [2.24, 2.45) is 5.41 Å². The summed E-state index contributed by atoms with van der Waals surface area (Å²) in [6.45, 7) is 12.4. The van der Waals surface area contributed by atoms with Crippen LogP contribution in [0.1, 0.15) is 47.5 Å². The highest BCUT2D eigenvalue weighted by atomic mass is 15.1. The zero-order chi connectivity index (χ0) is 22.0. The van der Waals surface area contributed by atoms with Crippen LogP contribution in [0.4, 0.5) is 5.69 Å². The monoisotopic (exact) mass is 409 g/mol. The van der Waals surface area contributed by atoms with Crippen molar-refractivity contribution >= 4 is 5.69 Å². The highest BCUT2D eigenvalue weighted by Crippen LogP contribution is 2.54. The molecule has 4 rings (SSSR count). The molecule has 2 aromatic carbocycles. The molecular weight excluding hydrogens is 374 g/mol. The first-order valence-corrected chi connectivity index (χ1v) is 11.6. The van der Waals surface area contributed by atoms with Crippen LogP contribution in [-0.2, 0) is 0 Å². The average molecular weight is 410 g/mol. The molecule has 0 saturated heterocycles. The summed E-state index contributed by atoms with van der Waals surface area (Å²) >= 11 is 0. The molecule has 0 spiro atoms. The average Bonchev–Trinajstić information content (AvgIpc) is 3.01. The zero-order valence-electron chi connectivity index (χ0n) is 19.7. The Morgan fingerprint density at radius 3 is 2.19 bits per heavy atom. The van der Waals surface area contributed by atoms with E-state index in [4.69, 9.17) is 0 Å². The molecule has 0 aliphatic heterocycles. The van der Waals surface area contributed by atoms with Crippen molar-refractivity contribution < 1.29 is 0 Å². The molecule has 160 valence electrons. The minimum atomic E-state index is 0.0773. The van der Waals surface area contributed by atoms with Crippen molar-refractivity contribution in [1.82, 2.24) is 0 Å². The molecule has 0 aromatic heterocycles. The molecular formula is C30H35N. The standard InChI is InChI=1S/C30H35N/c1-6-26-27-14-10-11-15-28(27)30(4,5)29(26)20-21-31(22(2)3)25-18-16-24(17-19-25)23-12-8-7-9-13-23/h6-9,12-20,22H,10-11,21H2,1-5H3/b26-6-,29-20+. The van der Waals surface area contributed by atoms with Gasteiger partial charge in [0.25, 0.3) is 0 Å². The second-order valence-electron chi connectivity index (χ2n) is 9.42. The SMILES string of the molecule is C/C=C1/C2=CCCC=C2C(C)(C)/C1=C/CN(c1ccc(-c2ccccc2)cc1)C(C)C. The molecule has 1 heteroatoms. The maximum Gasteiger partial charge on any atom is 0.0371 e. The Bertz CT molecular complexity index is 1040. The molecule has 1 fully saturated rings. The van der Waals surface area contributed by atoms with E-state index in [1.807, 2.05) is 0 Å². The highest BCUT2D eigenvalue weighted by molar-refractivity contribution is 5.70. The third-order valence-electron chi connectivity index (χ3n) is 6.79.